The average molecular weight is 824 g/mol. The molecule has 2 unspecified atom stereocenters. The van der Waals surface area contributed by atoms with Crippen LogP contribution in [0.4, 0.5) is 0 Å². The van der Waals surface area contributed by atoms with E-state index >= 15 is 0 Å². The van der Waals surface area contributed by atoms with Crippen LogP contribution in [-0.2, 0) is 46.0 Å². The Balaban J connectivity index is 0.885. The van der Waals surface area contributed by atoms with Gasteiger partial charge in [-0.05, 0) is 72.5 Å². The molecule has 0 saturated heterocycles. The number of hydrogen-bond acceptors (Lipinski definition) is 11. The van der Waals surface area contributed by atoms with Crippen molar-refractivity contribution in [2.45, 2.75) is 64.8 Å². The molecule has 16 nitrogen and oxygen atoms in total. The van der Waals surface area contributed by atoms with Crippen LogP contribution in [0.2, 0.25) is 0 Å². The van der Waals surface area contributed by atoms with Gasteiger partial charge in [-0.1, -0.05) is 20.8 Å². The van der Waals surface area contributed by atoms with E-state index in [2.05, 4.69) is 10.2 Å². The van der Waals surface area contributed by atoms with Crippen molar-refractivity contribution in [3.63, 3.8) is 0 Å². The van der Waals surface area contributed by atoms with Gasteiger partial charge in [0.2, 0.25) is 0 Å². The summed E-state index contributed by atoms with van der Waals surface area (Å²) in [4.78, 5) is 59.3. The van der Waals surface area contributed by atoms with Crippen molar-refractivity contribution in [3.8, 4) is 45.7 Å². The van der Waals surface area contributed by atoms with E-state index in [1.807, 2.05) is 54.9 Å². The van der Waals surface area contributed by atoms with Crippen LogP contribution in [0, 0.1) is 0 Å². The lowest BCUT2D eigenvalue weighted by Gasteiger charge is -2.31. The second-order valence-corrected chi connectivity index (χ2v) is 16.0. The number of nitrogens with zero attached hydrogens (tertiary/aromatic N) is 6. The number of pyridine rings is 2. The molecule has 3 aliphatic heterocycles. The highest BCUT2D eigenvalue weighted by Gasteiger charge is 2.45. The van der Waals surface area contributed by atoms with Crippen LogP contribution < -0.4 is 16.0 Å². The number of nitrogens with one attached hydrogen (secondary N) is 1. The van der Waals surface area contributed by atoms with Gasteiger partial charge in [0.1, 0.15) is 23.9 Å². The summed E-state index contributed by atoms with van der Waals surface area (Å²) in [5.74, 6) is -0.882. The Morgan fingerprint density at radius 3 is 2.62 bits per heavy atom. The first-order valence-corrected chi connectivity index (χ1v) is 20.2. The Bertz CT molecular complexity index is 3180. The van der Waals surface area contributed by atoms with Crippen LogP contribution in [0.15, 0.2) is 70.4 Å². The van der Waals surface area contributed by atoms with E-state index < -0.39 is 17.3 Å². The molecular weight excluding hydrogens is 783 g/mol. The molecular formula is C45H41N7O9. The van der Waals surface area contributed by atoms with E-state index in [0.717, 1.165) is 33.0 Å². The zero-order valence-corrected chi connectivity index (χ0v) is 33.8. The molecule has 16 heteroatoms. The molecule has 4 aromatic heterocycles. The first kappa shape index (κ1) is 38.0. The Morgan fingerprint density at radius 2 is 1.84 bits per heavy atom. The number of rotatable bonds is 8. The van der Waals surface area contributed by atoms with Gasteiger partial charge in [-0.15, -0.1) is 0 Å². The number of ether oxygens (including phenoxy) is 2. The van der Waals surface area contributed by atoms with E-state index in [4.69, 9.17) is 14.5 Å². The largest absolute Gasteiger partial charge is 0.508 e. The molecule has 2 atom stereocenters. The van der Waals surface area contributed by atoms with Gasteiger partial charge < -0.3 is 38.8 Å². The molecule has 0 spiro atoms. The van der Waals surface area contributed by atoms with E-state index in [1.54, 1.807) is 41.6 Å². The quantitative estimate of drug-likeness (QED) is 0.156. The summed E-state index contributed by atoms with van der Waals surface area (Å²) in [6.45, 7) is 6.32. The van der Waals surface area contributed by atoms with Crippen molar-refractivity contribution in [1.82, 2.24) is 33.8 Å². The van der Waals surface area contributed by atoms with E-state index in [-0.39, 0.29) is 72.0 Å². The van der Waals surface area contributed by atoms with Gasteiger partial charge in [0.05, 0.1) is 40.3 Å². The summed E-state index contributed by atoms with van der Waals surface area (Å²) >= 11 is 0. The van der Waals surface area contributed by atoms with Crippen LogP contribution in [-0.4, -0.2) is 81.2 Å². The van der Waals surface area contributed by atoms with Crippen molar-refractivity contribution in [2.24, 2.45) is 0 Å². The van der Waals surface area contributed by atoms with Crippen molar-refractivity contribution in [1.29, 1.82) is 0 Å². The molecule has 10 rings (SSSR count). The molecule has 0 aliphatic carbocycles. The third-order valence-corrected chi connectivity index (χ3v) is 12.7. The van der Waals surface area contributed by atoms with Crippen molar-refractivity contribution in [2.75, 3.05) is 20.2 Å². The normalized spacial score (nSPS) is 17.2. The molecule has 310 valence electrons. The van der Waals surface area contributed by atoms with Gasteiger partial charge in [0.25, 0.3) is 11.5 Å². The van der Waals surface area contributed by atoms with Crippen LogP contribution >= 0.6 is 0 Å². The topological polar surface area (TPSA) is 207 Å². The number of phenolic OH excluding ortho intramolecular Hbond substituents is 2. The molecule has 0 radical (unpaired) electrons. The Kier molecular flexibility index (Phi) is 8.52. The number of aryl methyl sites for hydroxylation is 1. The number of cyclic esters (lactones) is 1. The second-order valence-electron chi connectivity index (χ2n) is 16.0. The minimum Gasteiger partial charge on any atom is -0.508 e. The van der Waals surface area contributed by atoms with Gasteiger partial charge in [-0.3, -0.25) is 9.59 Å². The van der Waals surface area contributed by atoms with Crippen LogP contribution in [0.3, 0.4) is 0 Å². The third kappa shape index (κ3) is 5.61. The molecule has 1 amide bonds. The number of hydrogen-bond donors (Lipinski definition) is 4. The first-order chi connectivity index (χ1) is 29.3. The number of aromatic hydroxyl groups is 2. The number of aromatic amines is 1. The van der Waals surface area contributed by atoms with Gasteiger partial charge in [0, 0.05) is 71.3 Å². The summed E-state index contributed by atoms with van der Waals surface area (Å²) in [7, 11) is 1.72. The molecule has 0 saturated carbocycles. The van der Waals surface area contributed by atoms with E-state index in [9.17, 15) is 34.5 Å². The van der Waals surface area contributed by atoms with Crippen molar-refractivity contribution < 1.29 is 34.4 Å². The van der Waals surface area contributed by atoms with Gasteiger partial charge in [-0.2, -0.15) is 5.10 Å². The summed E-state index contributed by atoms with van der Waals surface area (Å²) in [6, 6.07) is 15.7. The monoisotopic (exact) mass is 823 g/mol. The predicted octanol–water partition coefficient (Wildman–Crippen LogP) is 4.55. The van der Waals surface area contributed by atoms with E-state index in [1.165, 1.54) is 10.6 Å². The average Bonchev–Trinajstić information content (AvgIpc) is 3.94. The molecule has 3 aliphatic rings. The zero-order valence-electron chi connectivity index (χ0n) is 33.8. The molecule has 4 bridgehead atoms. The fourth-order valence-corrected chi connectivity index (χ4v) is 9.26. The van der Waals surface area contributed by atoms with Crippen LogP contribution in [0.5, 0.6) is 17.2 Å². The number of aliphatic hydroxyl groups is 1. The van der Waals surface area contributed by atoms with Crippen molar-refractivity contribution >= 4 is 33.7 Å². The number of esters is 1. The van der Waals surface area contributed by atoms with Gasteiger partial charge >= 0.3 is 11.7 Å². The lowest BCUT2D eigenvalue weighted by atomic mass is 9.86. The highest BCUT2D eigenvalue weighted by atomic mass is 16.6. The number of aromatic nitrogens is 6. The summed E-state index contributed by atoms with van der Waals surface area (Å²) in [6.07, 6.45) is 2.68. The Morgan fingerprint density at radius 1 is 1.02 bits per heavy atom. The molecule has 3 aromatic carbocycles. The Hall–Kier alpha value is -7.20. The van der Waals surface area contributed by atoms with Crippen LogP contribution in [0.1, 0.15) is 66.5 Å². The number of carbonyl (C=O) groups is 2. The zero-order chi connectivity index (χ0) is 42.6. The maximum atomic E-state index is 13.7. The number of phenols is 2. The number of fused-ring (bicyclic) bond motifs is 11. The summed E-state index contributed by atoms with van der Waals surface area (Å²) < 4.78 is 16.3. The number of likely N-dealkylation sites (N-methyl/N-ethyl adjacent to an activating group) is 1. The molecule has 61 heavy (non-hydrogen) atoms. The number of benzene rings is 3. The number of amides is 1. The van der Waals surface area contributed by atoms with Gasteiger partial charge in [0.15, 0.2) is 18.0 Å². The summed E-state index contributed by atoms with van der Waals surface area (Å²) in [5.41, 5.74) is 4.72. The number of carbonyl (C=O) groups excluding carboxylic acids is 2. The maximum absolute atomic E-state index is 13.7. The fourth-order valence-electron chi connectivity index (χ4n) is 9.26. The SMILES string of the molecule is CCc1c2c(nc3ccc(OCC(=O)N(C)CCn4cc5c6cc(ccc64)-n4c(n[nH]c4=O)-c4cc(c(O)cc4O)C5C)cc13)-c1cc3c(c(=O)n1C2)COC(=O)C3(O)CC. The molecule has 4 N–H and O–H groups in total. The van der Waals surface area contributed by atoms with Crippen LogP contribution in [0.25, 0.3) is 50.3 Å². The minimum atomic E-state index is -1.91. The lowest BCUT2D eigenvalue weighted by molar-refractivity contribution is -0.172. The maximum Gasteiger partial charge on any atom is 0.348 e. The van der Waals surface area contributed by atoms with Crippen molar-refractivity contribution in [3.05, 3.63) is 115 Å². The van der Waals surface area contributed by atoms with Gasteiger partial charge in [-0.25, -0.2) is 24.2 Å². The van der Waals surface area contributed by atoms with E-state index in [0.29, 0.717) is 59.0 Å². The number of H-pyrrole nitrogens is 1. The molecule has 0 fully saturated rings. The molecule has 7 aromatic rings. The minimum absolute atomic E-state index is 0.0577. The molecule has 7 heterocycles. The predicted molar refractivity (Wildman–Crippen MR) is 223 cm³/mol. The Labute approximate surface area is 346 Å². The summed E-state index contributed by atoms with van der Waals surface area (Å²) in [5, 5.41) is 41.3. The lowest BCUT2D eigenvalue weighted by Crippen LogP contribution is -2.44. The second kappa shape index (κ2) is 13.7. The highest BCUT2D eigenvalue weighted by molar-refractivity contribution is 5.91. The smallest absolute Gasteiger partial charge is 0.348 e. The first-order valence-electron chi connectivity index (χ1n) is 20.2. The standard InChI is InChI=1S/C45H41N7O9/c1-5-25-27-14-24(8-9-34(27)46-40-31(25)19-51-36(40)16-33-32(42(51)56)20-61-43(57)45(33,59)6-2)60-21-39(55)49(4)11-12-50-18-30-22(3)26-15-29(38(54)17-37(26)53)41-47-48-44(58)52(41)23-7-10-35(50)28(30)13-23/h7-10,13-18,22,53-54,59H,5-6,11-12,19-21H2,1-4H3,(H,48,58). The third-order valence-electron chi connectivity index (χ3n) is 12.7. The highest BCUT2D eigenvalue weighted by Crippen LogP contribution is 2.44. The fraction of sp³-hybridized carbons (Fsp3) is 0.289.